The molecule has 2 aromatic carbocycles. The van der Waals surface area contributed by atoms with E-state index in [2.05, 4.69) is 23.8 Å². The predicted molar refractivity (Wildman–Crippen MR) is 127 cm³/mol. The second-order valence-corrected chi connectivity index (χ2v) is 10.7. The van der Waals surface area contributed by atoms with Crippen LogP contribution in [0.1, 0.15) is 70.3 Å². The Bertz CT molecular complexity index is 801. The first-order valence-corrected chi connectivity index (χ1v) is 13.4. The molecule has 2 radical (unpaired) electrons. The van der Waals surface area contributed by atoms with Gasteiger partial charge in [0.05, 0.1) is 0 Å². The van der Waals surface area contributed by atoms with E-state index in [0.717, 1.165) is 23.4 Å². The first-order chi connectivity index (χ1) is 15.5. The van der Waals surface area contributed by atoms with E-state index in [0.29, 0.717) is 5.56 Å². The van der Waals surface area contributed by atoms with Crippen LogP contribution in [0, 0.1) is 11.7 Å². The summed E-state index contributed by atoms with van der Waals surface area (Å²) in [5, 5.41) is 0. The van der Waals surface area contributed by atoms with Crippen LogP contribution >= 0.6 is 0 Å². The molecular weight excluding hydrogens is 425 g/mol. The molecule has 1 saturated carbocycles. The molecule has 0 unspecified atom stereocenters. The van der Waals surface area contributed by atoms with Gasteiger partial charge in [-0.15, -0.1) is 0 Å². The van der Waals surface area contributed by atoms with Crippen molar-refractivity contribution in [3.05, 3.63) is 53.8 Å². The van der Waals surface area contributed by atoms with Crippen LogP contribution in [0.5, 0.6) is 5.75 Å². The van der Waals surface area contributed by atoms with Crippen LogP contribution in [0.4, 0.5) is 13.2 Å². The number of halogens is 3. The van der Waals surface area contributed by atoms with E-state index in [9.17, 15) is 13.2 Å². The first kappa shape index (κ1) is 24.9. The van der Waals surface area contributed by atoms with Crippen LogP contribution < -0.4 is 4.74 Å². The molecule has 1 aliphatic carbocycles. The van der Waals surface area contributed by atoms with Gasteiger partial charge in [0, 0.05) is 9.52 Å². The highest BCUT2D eigenvalue weighted by atomic mass is 28.2. The molecule has 32 heavy (non-hydrogen) atoms. The molecule has 0 heterocycles. The Kier molecular flexibility index (Phi) is 10.2. The fraction of sp³-hybridized carbons (Fsp3) is 0.556. The van der Waals surface area contributed by atoms with Gasteiger partial charge in [-0.3, -0.25) is 0 Å². The largest absolute Gasteiger partial charge is 0.432 e. The number of aryl methyl sites for hydroxylation is 1. The van der Waals surface area contributed by atoms with Gasteiger partial charge >= 0.3 is 6.61 Å². The summed E-state index contributed by atoms with van der Waals surface area (Å²) >= 11 is 0. The van der Waals surface area contributed by atoms with Gasteiger partial charge < -0.3 is 4.74 Å². The minimum atomic E-state index is -3.03. The van der Waals surface area contributed by atoms with Crippen molar-refractivity contribution in [2.45, 2.75) is 89.3 Å². The number of unbranched alkanes of at least 4 members (excludes halogenated alkanes) is 3. The van der Waals surface area contributed by atoms with E-state index in [-0.39, 0.29) is 0 Å². The first-order valence-electron chi connectivity index (χ1n) is 12.1. The zero-order chi connectivity index (χ0) is 22.8. The number of hydrogen-bond acceptors (Lipinski definition) is 1. The van der Waals surface area contributed by atoms with Crippen molar-refractivity contribution in [1.29, 1.82) is 0 Å². The van der Waals surface area contributed by atoms with Gasteiger partial charge in [-0.25, -0.2) is 4.39 Å². The third-order valence-corrected chi connectivity index (χ3v) is 8.38. The van der Waals surface area contributed by atoms with Crippen molar-refractivity contribution >= 4 is 9.52 Å². The highest BCUT2D eigenvalue weighted by Crippen LogP contribution is 2.35. The number of rotatable bonds is 12. The van der Waals surface area contributed by atoms with Gasteiger partial charge in [0.25, 0.3) is 0 Å². The molecule has 0 saturated heterocycles. The molecule has 0 aromatic heterocycles. The van der Waals surface area contributed by atoms with Gasteiger partial charge in [0.15, 0.2) is 11.6 Å². The molecule has 1 aliphatic rings. The van der Waals surface area contributed by atoms with E-state index in [1.165, 1.54) is 91.0 Å². The molecule has 0 N–H and O–H groups in total. The molecule has 5 heteroatoms. The van der Waals surface area contributed by atoms with Crippen LogP contribution in [0.2, 0.25) is 11.6 Å². The molecule has 2 aromatic rings. The van der Waals surface area contributed by atoms with Crippen molar-refractivity contribution in [2.24, 2.45) is 5.92 Å². The summed E-state index contributed by atoms with van der Waals surface area (Å²) in [5.74, 6) is -0.358. The molecule has 0 atom stereocenters. The molecule has 1 fully saturated rings. The lowest BCUT2D eigenvalue weighted by atomic mass is 9.85. The Hall–Kier alpha value is -1.75. The Morgan fingerprint density at radius 3 is 2.31 bits per heavy atom. The smallest absolute Gasteiger partial charge is 0.387 e. The van der Waals surface area contributed by atoms with Gasteiger partial charge in [-0.1, -0.05) is 94.7 Å². The summed E-state index contributed by atoms with van der Waals surface area (Å²) in [4.78, 5) is 0. The summed E-state index contributed by atoms with van der Waals surface area (Å²) in [6.07, 6.45) is 13.4. The minimum absolute atomic E-state index is 0.424. The average Bonchev–Trinajstić information content (AvgIpc) is 2.80. The van der Waals surface area contributed by atoms with Gasteiger partial charge in [-0.2, -0.15) is 8.78 Å². The minimum Gasteiger partial charge on any atom is -0.432 e. The van der Waals surface area contributed by atoms with E-state index in [4.69, 9.17) is 0 Å². The SMILES string of the molecule is CCCCCC[Si]C1CCC(CCc2ccc(-c3ccc(OC(F)F)c(F)c3)cc2)CC1. The molecule has 0 spiro atoms. The fourth-order valence-electron chi connectivity index (χ4n) is 4.62. The van der Waals surface area contributed by atoms with E-state index >= 15 is 0 Å². The second-order valence-electron chi connectivity index (χ2n) is 8.99. The standard InChI is InChI=1S/C27H35F3OSi/c1-2-3-4-5-18-32-24-15-10-21(11-16-24)7-6-20-8-12-22(13-9-20)23-14-17-26(25(28)19-23)31-27(29)30/h8-9,12-14,17,19,21,24,27H,2-7,10-11,15-16,18H2,1H3. The number of alkyl halides is 2. The Morgan fingerprint density at radius 1 is 0.938 bits per heavy atom. The van der Waals surface area contributed by atoms with Crippen LogP contribution in [-0.4, -0.2) is 16.1 Å². The van der Waals surface area contributed by atoms with Crippen LogP contribution in [0.15, 0.2) is 42.5 Å². The van der Waals surface area contributed by atoms with Crippen molar-refractivity contribution < 1.29 is 17.9 Å². The molecule has 0 amide bonds. The lowest BCUT2D eigenvalue weighted by molar-refractivity contribution is -0.0521. The van der Waals surface area contributed by atoms with E-state index in [1.807, 2.05) is 12.1 Å². The number of benzene rings is 2. The maximum Gasteiger partial charge on any atom is 0.387 e. The summed E-state index contributed by atoms with van der Waals surface area (Å²) in [5.41, 5.74) is 3.80. The molecule has 0 aliphatic heterocycles. The van der Waals surface area contributed by atoms with Crippen LogP contribution in [-0.2, 0) is 6.42 Å². The summed E-state index contributed by atoms with van der Waals surface area (Å²) in [6, 6.07) is 13.7. The Morgan fingerprint density at radius 2 is 1.66 bits per heavy atom. The van der Waals surface area contributed by atoms with Gasteiger partial charge in [-0.05, 0) is 53.1 Å². The highest BCUT2D eigenvalue weighted by Gasteiger charge is 2.21. The molecule has 174 valence electrons. The monoisotopic (exact) mass is 460 g/mol. The van der Waals surface area contributed by atoms with Gasteiger partial charge in [0.1, 0.15) is 0 Å². The van der Waals surface area contributed by atoms with E-state index in [1.54, 1.807) is 6.07 Å². The highest BCUT2D eigenvalue weighted by molar-refractivity contribution is 6.37. The second kappa shape index (κ2) is 13.1. The molecular formula is C27H35F3OSi. The van der Waals surface area contributed by atoms with Crippen LogP contribution in [0.3, 0.4) is 0 Å². The quantitative estimate of drug-likeness (QED) is 0.227. The van der Waals surface area contributed by atoms with Crippen molar-refractivity contribution in [3.8, 4) is 16.9 Å². The van der Waals surface area contributed by atoms with E-state index < -0.39 is 18.2 Å². The Labute approximate surface area is 193 Å². The average molecular weight is 461 g/mol. The number of hydrogen-bond donors (Lipinski definition) is 0. The molecule has 3 rings (SSSR count). The lowest BCUT2D eigenvalue weighted by Gasteiger charge is -2.28. The topological polar surface area (TPSA) is 9.23 Å². The van der Waals surface area contributed by atoms with Crippen molar-refractivity contribution in [1.82, 2.24) is 0 Å². The zero-order valence-electron chi connectivity index (χ0n) is 19.1. The summed E-state index contributed by atoms with van der Waals surface area (Å²) in [6.45, 7) is -0.755. The Balaban J connectivity index is 1.41. The van der Waals surface area contributed by atoms with Crippen LogP contribution in [0.25, 0.3) is 11.1 Å². The number of ether oxygens (including phenoxy) is 1. The summed E-state index contributed by atoms with van der Waals surface area (Å²) in [7, 11) is 1.17. The predicted octanol–water partition coefficient (Wildman–Crippen LogP) is 8.71. The molecule has 1 nitrogen and oxygen atoms in total. The van der Waals surface area contributed by atoms with Gasteiger partial charge in [0.2, 0.25) is 0 Å². The maximum absolute atomic E-state index is 14.0. The zero-order valence-corrected chi connectivity index (χ0v) is 20.1. The lowest BCUT2D eigenvalue weighted by Crippen LogP contribution is -2.15. The third kappa shape index (κ3) is 7.98. The van der Waals surface area contributed by atoms with Crippen molar-refractivity contribution in [2.75, 3.05) is 0 Å². The normalized spacial score (nSPS) is 18.8. The third-order valence-electron chi connectivity index (χ3n) is 6.59. The maximum atomic E-state index is 14.0. The van der Waals surface area contributed by atoms with Crippen molar-refractivity contribution in [3.63, 3.8) is 0 Å². The molecule has 0 bridgehead atoms. The fourth-order valence-corrected chi connectivity index (χ4v) is 6.22. The summed E-state index contributed by atoms with van der Waals surface area (Å²) < 4.78 is 42.8.